The lowest BCUT2D eigenvalue weighted by molar-refractivity contribution is -0.137. The number of aromatic hydroxyl groups is 1. The van der Waals surface area contributed by atoms with Crippen LogP contribution < -0.4 is 10.1 Å². The lowest BCUT2D eigenvalue weighted by Crippen LogP contribution is -2.31. The van der Waals surface area contributed by atoms with Crippen LogP contribution in [0, 0.1) is 27.7 Å². The zero-order valence-electron chi connectivity index (χ0n) is 22.9. The number of phenols is 1. The zero-order valence-corrected chi connectivity index (χ0v) is 22.9. The molecule has 3 rings (SSSR count). The summed E-state index contributed by atoms with van der Waals surface area (Å²) in [5.41, 5.74) is 5.94. The second-order valence-corrected chi connectivity index (χ2v) is 10.2. The van der Waals surface area contributed by atoms with Gasteiger partial charge in [-0.1, -0.05) is 53.7 Å². The average molecular weight is 470 g/mol. The molecule has 0 saturated heterocycles. The molecular formula is C29H43NO4. The van der Waals surface area contributed by atoms with Crippen molar-refractivity contribution in [3.63, 3.8) is 0 Å². The minimum atomic E-state index is -0.373. The maximum atomic E-state index is 11.5. The molecule has 5 heteroatoms. The molecule has 2 N–H and O–H groups in total. The minimum Gasteiger partial charge on any atom is -0.508 e. The molecule has 0 aromatic heterocycles. The molecule has 0 atom stereocenters. The number of carbonyl (C=O) groups is 2. The fourth-order valence-electron chi connectivity index (χ4n) is 4.89. The predicted molar refractivity (Wildman–Crippen MR) is 140 cm³/mol. The summed E-state index contributed by atoms with van der Waals surface area (Å²) >= 11 is 0. The van der Waals surface area contributed by atoms with Gasteiger partial charge in [0.2, 0.25) is 5.91 Å². The van der Waals surface area contributed by atoms with Crippen LogP contribution >= 0.6 is 0 Å². The van der Waals surface area contributed by atoms with E-state index in [9.17, 15) is 14.7 Å². The molecule has 34 heavy (non-hydrogen) atoms. The van der Waals surface area contributed by atoms with Crippen molar-refractivity contribution in [2.75, 3.05) is 7.05 Å². The molecule has 188 valence electrons. The van der Waals surface area contributed by atoms with E-state index in [4.69, 9.17) is 4.74 Å². The first-order valence-corrected chi connectivity index (χ1v) is 12.0. The van der Waals surface area contributed by atoms with E-state index in [1.807, 2.05) is 60.6 Å². The number of aryl methyl sites for hydroxylation is 4. The Balaban J connectivity index is 0.000000318. The normalized spacial score (nSPS) is 13.9. The highest BCUT2D eigenvalue weighted by molar-refractivity contribution is 5.78. The summed E-state index contributed by atoms with van der Waals surface area (Å²) in [6.45, 7) is 20.1. The third kappa shape index (κ3) is 7.09. The molecule has 0 bridgehead atoms. The number of hydrogen-bond donors (Lipinski definition) is 2. The van der Waals surface area contributed by atoms with Crippen LogP contribution in [0.1, 0.15) is 87.8 Å². The molecule has 0 saturated carbocycles. The lowest BCUT2D eigenvalue weighted by Gasteiger charge is -2.32. The number of benzene rings is 2. The molecule has 1 heterocycles. The van der Waals surface area contributed by atoms with E-state index in [1.54, 1.807) is 13.1 Å². The van der Waals surface area contributed by atoms with Gasteiger partial charge < -0.3 is 15.2 Å². The number of ether oxygens (including phenoxy) is 1. The summed E-state index contributed by atoms with van der Waals surface area (Å²) < 4.78 is 5.29. The lowest BCUT2D eigenvalue weighted by atomic mass is 9.77. The van der Waals surface area contributed by atoms with Crippen molar-refractivity contribution in [1.29, 1.82) is 0 Å². The van der Waals surface area contributed by atoms with Gasteiger partial charge in [-0.3, -0.25) is 9.59 Å². The van der Waals surface area contributed by atoms with Gasteiger partial charge in [0, 0.05) is 35.4 Å². The van der Waals surface area contributed by atoms with Crippen LogP contribution in [-0.2, 0) is 20.4 Å². The Kier molecular flexibility index (Phi) is 9.92. The van der Waals surface area contributed by atoms with Gasteiger partial charge in [-0.15, -0.1) is 0 Å². The van der Waals surface area contributed by atoms with E-state index in [-0.39, 0.29) is 28.5 Å². The highest BCUT2D eigenvalue weighted by Crippen LogP contribution is 2.41. The Bertz CT molecular complexity index is 1010. The van der Waals surface area contributed by atoms with Gasteiger partial charge >= 0.3 is 5.97 Å². The third-order valence-corrected chi connectivity index (χ3v) is 5.95. The number of rotatable bonds is 3. The molecule has 0 radical (unpaired) electrons. The summed E-state index contributed by atoms with van der Waals surface area (Å²) in [7, 11) is 1.63. The van der Waals surface area contributed by atoms with Crippen LogP contribution in [0.15, 0.2) is 24.3 Å². The summed E-state index contributed by atoms with van der Waals surface area (Å²) in [5.74, 6) is 0.872. The van der Waals surface area contributed by atoms with E-state index >= 15 is 0 Å². The van der Waals surface area contributed by atoms with Gasteiger partial charge in [0.15, 0.2) is 0 Å². The molecule has 2 aromatic carbocycles. The van der Waals surface area contributed by atoms with Crippen molar-refractivity contribution in [1.82, 2.24) is 5.32 Å². The van der Waals surface area contributed by atoms with Crippen LogP contribution in [0.2, 0.25) is 0 Å². The van der Waals surface area contributed by atoms with Gasteiger partial charge in [-0.2, -0.15) is 0 Å². The van der Waals surface area contributed by atoms with E-state index in [0.717, 1.165) is 28.0 Å². The summed E-state index contributed by atoms with van der Waals surface area (Å²) in [6, 6.07) is 7.86. The highest BCUT2D eigenvalue weighted by Gasteiger charge is 2.35. The van der Waals surface area contributed by atoms with E-state index < -0.39 is 0 Å². The molecule has 0 fully saturated rings. The first kappa shape index (κ1) is 29.2. The van der Waals surface area contributed by atoms with Gasteiger partial charge in [-0.25, -0.2) is 0 Å². The van der Waals surface area contributed by atoms with Crippen molar-refractivity contribution in [2.45, 2.75) is 92.9 Å². The van der Waals surface area contributed by atoms with E-state index in [0.29, 0.717) is 12.8 Å². The third-order valence-electron chi connectivity index (χ3n) is 5.95. The van der Waals surface area contributed by atoms with Gasteiger partial charge in [0.1, 0.15) is 11.5 Å². The van der Waals surface area contributed by atoms with Crippen LogP contribution in [-0.4, -0.2) is 24.0 Å². The van der Waals surface area contributed by atoms with Gasteiger partial charge in [0.25, 0.3) is 0 Å². The Labute approximate surface area is 205 Å². The number of amides is 1. The predicted octanol–water partition coefficient (Wildman–Crippen LogP) is 6.34. The number of phenolic OH excluding ortho intramolecular Hbond substituents is 1. The Hall–Kier alpha value is -2.82. The van der Waals surface area contributed by atoms with E-state index in [1.165, 1.54) is 11.1 Å². The monoisotopic (exact) mass is 469 g/mol. The van der Waals surface area contributed by atoms with Crippen molar-refractivity contribution in [3.8, 4) is 11.5 Å². The van der Waals surface area contributed by atoms with Crippen molar-refractivity contribution < 1.29 is 19.4 Å². The van der Waals surface area contributed by atoms with Crippen LogP contribution in [0.25, 0.3) is 0 Å². The first-order chi connectivity index (χ1) is 15.7. The molecule has 0 unspecified atom stereocenters. The maximum Gasteiger partial charge on any atom is 0.312 e. The molecule has 0 spiro atoms. The molecule has 1 amide bonds. The first-order valence-electron chi connectivity index (χ1n) is 12.0. The van der Waals surface area contributed by atoms with Crippen LogP contribution in [0.5, 0.6) is 11.5 Å². The van der Waals surface area contributed by atoms with Gasteiger partial charge in [0.05, 0.1) is 6.42 Å². The second kappa shape index (κ2) is 11.5. The van der Waals surface area contributed by atoms with Crippen molar-refractivity contribution in [2.24, 2.45) is 0 Å². The maximum absolute atomic E-state index is 11.5. The molecule has 5 nitrogen and oxygen atoms in total. The molecular weight excluding hydrogens is 426 g/mol. The Morgan fingerprint density at radius 1 is 1.03 bits per heavy atom. The number of esters is 1. The topological polar surface area (TPSA) is 75.6 Å². The molecule has 0 aliphatic carbocycles. The Morgan fingerprint density at radius 3 is 2.09 bits per heavy atom. The molecule has 1 aliphatic rings. The molecule has 2 aromatic rings. The standard InChI is InChI=1S/C14H21NO2.C13H16O2.C2H6/c1-9-6-10(2)13(11(16)7-9)14(3,4)8-12(17)15-5;1-8-5-9(2)12-10(6-8)15-11(14)7-13(12,3)4;1-2/h6-7,16H,8H2,1-5H3,(H,15,17);5-6H,7H2,1-4H3;1-2H3. The average Bonchev–Trinajstić information content (AvgIpc) is 2.66. The highest BCUT2D eigenvalue weighted by atomic mass is 16.5. The minimum absolute atomic E-state index is 0.0191. The van der Waals surface area contributed by atoms with Crippen molar-refractivity contribution >= 4 is 11.9 Å². The quantitative estimate of drug-likeness (QED) is 0.406. The second-order valence-electron chi connectivity index (χ2n) is 10.2. The number of hydrogen-bond acceptors (Lipinski definition) is 4. The largest absolute Gasteiger partial charge is 0.508 e. The van der Waals surface area contributed by atoms with Gasteiger partial charge in [-0.05, 0) is 62.1 Å². The Morgan fingerprint density at radius 2 is 1.56 bits per heavy atom. The summed E-state index contributed by atoms with van der Waals surface area (Å²) in [6.07, 6.45) is 0.824. The number of fused-ring (bicyclic) bond motifs is 1. The summed E-state index contributed by atoms with van der Waals surface area (Å²) in [4.78, 5) is 22.9. The van der Waals surface area contributed by atoms with Crippen LogP contribution in [0.3, 0.4) is 0 Å². The molecule has 1 aliphatic heterocycles. The summed E-state index contributed by atoms with van der Waals surface area (Å²) in [5, 5.41) is 12.7. The fraction of sp³-hybridized carbons (Fsp3) is 0.517. The number of nitrogens with one attached hydrogen (secondary N) is 1. The van der Waals surface area contributed by atoms with Crippen molar-refractivity contribution in [3.05, 3.63) is 57.6 Å². The fourth-order valence-corrected chi connectivity index (χ4v) is 4.89. The SMILES string of the molecule is CC.CNC(=O)CC(C)(C)c1c(C)cc(C)cc1O.Cc1cc(C)c2c(c1)OC(=O)CC2(C)C. The van der Waals surface area contributed by atoms with Crippen LogP contribution in [0.4, 0.5) is 0 Å². The number of carbonyl (C=O) groups excluding carboxylic acids is 2. The van der Waals surface area contributed by atoms with E-state index in [2.05, 4.69) is 32.2 Å². The zero-order chi connectivity index (χ0) is 26.4. The smallest absolute Gasteiger partial charge is 0.312 e.